The highest BCUT2D eigenvalue weighted by atomic mass is 35.5. The number of hydrogen-bond donors (Lipinski definition) is 0. The van der Waals surface area contributed by atoms with Gasteiger partial charge in [0.25, 0.3) is 0 Å². The minimum atomic E-state index is 0.146. The van der Waals surface area contributed by atoms with Gasteiger partial charge in [0.05, 0.1) is 11.0 Å². The molecule has 3 rings (SSSR count). The standard InChI is InChI=1S/C24H30ClN3O/c1-17(2)14-27(15-18(3)4)24(29)16-28-22-8-6-5-7-21(22)26-23(28)13-19-9-11-20(25)12-10-19/h5-12,17-18H,13-16H2,1-4H3. The molecule has 2 aromatic carbocycles. The Morgan fingerprint density at radius 3 is 2.24 bits per heavy atom. The Labute approximate surface area is 178 Å². The molecule has 154 valence electrons. The van der Waals surface area contributed by atoms with E-state index in [0.717, 1.165) is 40.5 Å². The van der Waals surface area contributed by atoms with Crippen LogP contribution in [0.25, 0.3) is 11.0 Å². The predicted octanol–water partition coefficient (Wildman–Crippen LogP) is 5.42. The first-order valence-corrected chi connectivity index (χ1v) is 10.7. The van der Waals surface area contributed by atoms with Gasteiger partial charge in [-0.2, -0.15) is 0 Å². The Morgan fingerprint density at radius 1 is 1.00 bits per heavy atom. The third kappa shape index (κ3) is 5.60. The molecule has 1 aromatic heterocycles. The maximum absolute atomic E-state index is 13.2. The molecule has 0 saturated heterocycles. The average Bonchev–Trinajstić information content (AvgIpc) is 2.99. The lowest BCUT2D eigenvalue weighted by Crippen LogP contribution is -2.39. The molecule has 0 N–H and O–H groups in total. The average molecular weight is 412 g/mol. The number of amides is 1. The highest BCUT2D eigenvalue weighted by Crippen LogP contribution is 2.20. The minimum Gasteiger partial charge on any atom is -0.341 e. The molecule has 0 atom stereocenters. The lowest BCUT2D eigenvalue weighted by molar-refractivity contribution is -0.132. The van der Waals surface area contributed by atoms with E-state index in [-0.39, 0.29) is 5.91 Å². The van der Waals surface area contributed by atoms with E-state index in [4.69, 9.17) is 16.6 Å². The minimum absolute atomic E-state index is 0.146. The van der Waals surface area contributed by atoms with Gasteiger partial charge in [-0.3, -0.25) is 4.79 Å². The molecule has 0 bridgehead atoms. The van der Waals surface area contributed by atoms with Crippen LogP contribution >= 0.6 is 11.6 Å². The van der Waals surface area contributed by atoms with Crippen molar-refractivity contribution >= 4 is 28.5 Å². The molecule has 0 aliphatic rings. The van der Waals surface area contributed by atoms with Crippen LogP contribution in [-0.2, 0) is 17.8 Å². The second-order valence-electron chi connectivity index (χ2n) is 8.49. The summed E-state index contributed by atoms with van der Waals surface area (Å²) in [5, 5.41) is 0.718. The first-order valence-electron chi connectivity index (χ1n) is 10.3. The topological polar surface area (TPSA) is 38.1 Å². The molecule has 1 amide bonds. The SMILES string of the molecule is CC(C)CN(CC(C)C)C(=O)Cn1c(Cc2ccc(Cl)cc2)nc2ccccc21. The van der Waals surface area contributed by atoms with Gasteiger partial charge in [0.2, 0.25) is 5.91 Å². The fraction of sp³-hybridized carbons (Fsp3) is 0.417. The number of rotatable bonds is 8. The number of benzene rings is 2. The summed E-state index contributed by atoms with van der Waals surface area (Å²) >= 11 is 6.03. The van der Waals surface area contributed by atoms with Gasteiger partial charge in [-0.25, -0.2) is 4.98 Å². The van der Waals surface area contributed by atoms with E-state index >= 15 is 0 Å². The Balaban J connectivity index is 1.92. The van der Waals surface area contributed by atoms with Crippen LogP contribution in [0.2, 0.25) is 5.02 Å². The summed E-state index contributed by atoms with van der Waals surface area (Å²) in [6.45, 7) is 10.5. The van der Waals surface area contributed by atoms with Crippen LogP contribution in [-0.4, -0.2) is 33.4 Å². The molecule has 0 saturated carbocycles. The predicted molar refractivity (Wildman–Crippen MR) is 120 cm³/mol. The Bertz CT molecular complexity index is 950. The Kier molecular flexibility index (Phi) is 6.96. The van der Waals surface area contributed by atoms with Crippen LogP contribution in [0.3, 0.4) is 0 Å². The Morgan fingerprint density at radius 2 is 1.62 bits per heavy atom. The number of aromatic nitrogens is 2. The van der Waals surface area contributed by atoms with Crippen LogP contribution in [0.15, 0.2) is 48.5 Å². The van der Waals surface area contributed by atoms with Crippen molar-refractivity contribution in [3.63, 3.8) is 0 Å². The molecular formula is C24H30ClN3O. The summed E-state index contributed by atoms with van der Waals surface area (Å²) in [7, 11) is 0. The van der Waals surface area contributed by atoms with Crippen molar-refractivity contribution in [1.29, 1.82) is 0 Å². The van der Waals surface area contributed by atoms with Gasteiger partial charge in [0.15, 0.2) is 0 Å². The summed E-state index contributed by atoms with van der Waals surface area (Å²) in [5.74, 6) is 1.92. The molecule has 5 heteroatoms. The monoisotopic (exact) mass is 411 g/mol. The zero-order valence-electron chi connectivity index (χ0n) is 17.7. The second-order valence-corrected chi connectivity index (χ2v) is 8.93. The first kappa shape index (κ1) is 21.4. The lowest BCUT2D eigenvalue weighted by atomic mass is 10.1. The summed E-state index contributed by atoms with van der Waals surface area (Å²) < 4.78 is 2.07. The van der Waals surface area contributed by atoms with Crippen LogP contribution in [0.4, 0.5) is 0 Å². The van der Waals surface area contributed by atoms with Gasteiger partial charge >= 0.3 is 0 Å². The largest absolute Gasteiger partial charge is 0.341 e. The molecule has 0 unspecified atom stereocenters. The zero-order chi connectivity index (χ0) is 21.0. The van der Waals surface area contributed by atoms with Gasteiger partial charge in [0, 0.05) is 24.5 Å². The van der Waals surface area contributed by atoms with Crippen LogP contribution in [0, 0.1) is 11.8 Å². The molecular weight excluding hydrogens is 382 g/mol. The number of halogens is 1. The molecule has 4 nitrogen and oxygen atoms in total. The van der Waals surface area contributed by atoms with Crippen molar-refractivity contribution in [2.24, 2.45) is 11.8 Å². The van der Waals surface area contributed by atoms with Crippen LogP contribution in [0.1, 0.15) is 39.1 Å². The van der Waals surface area contributed by atoms with Crippen molar-refractivity contribution in [2.45, 2.75) is 40.7 Å². The number of carbonyl (C=O) groups excluding carboxylic acids is 1. The summed E-state index contributed by atoms with van der Waals surface area (Å²) in [5.41, 5.74) is 3.04. The zero-order valence-corrected chi connectivity index (χ0v) is 18.5. The van der Waals surface area contributed by atoms with E-state index in [0.29, 0.717) is 24.8 Å². The van der Waals surface area contributed by atoms with Gasteiger partial charge < -0.3 is 9.47 Å². The van der Waals surface area contributed by atoms with E-state index in [9.17, 15) is 4.79 Å². The van der Waals surface area contributed by atoms with Crippen molar-refractivity contribution in [3.05, 3.63) is 64.9 Å². The maximum Gasteiger partial charge on any atom is 0.242 e. The first-order chi connectivity index (χ1) is 13.8. The van der Waals surface area contributed by atoms with E-state index < -0.39 is 0 Å². The number of imidazole rings is 1. The molecule has 0 fully saturated rings. The van der Waals surface area contributed by atoms with Crippen LogP contribution < -0.4 is 0 Å². The Hall–Kier alpha value is -2.33. The molecule has 0 radical (unpaired) electrons. The van der Waals surface area contributed by atoms with Crippen molar-refractivity contribution in [1.82, 2.24) is 14.5 Å². The smallest absolute Gasteiger partial charge is 0.242 e. The van der Waals surface area contributed by atoms with Crippen molar-refractivity contribution in [2.75, 3.05) is 13.1 Å². The summed E-state index contributed by atoms with van der Waals surface area (Å²) in [6, 6.07) is 15.8. The second kappa shape index (κ2) is 9.45. The van der Waals surface area contributed by atoms with Gasteiger partial charge in [-0.15, -0.1) is 0 Å². The number of fused-ring (bicyclic) bond motifs is 1. The van der Waals surface area contributed by atoms with Gasteiger partial charge in [-0.1, -0.05) is 63.6 Å². The maximum atomic E-state index is 13.2. The highest BCUT2D eigenvalue weighted by Gasteiger charge is 2.20. The van der Waals surface area contributed by atoms with Crippen molar-refractivity contribution < 1.29 is 4.79 Å². The quantitative estimate of drug-likeness (QED) is 0.496. The third-order valence-corrected chi connectivity index (χ3v) is 5.08. The van der Waals surface area contributed by atoms with Crippen molar-refractivity contribution in [3.8, 4) is 0 Å². The van der Waals surface area contributed by atoms with E-state index in [2.05, 4.69) is 32.3 Å². The highest BCUT2D eigenvalue weighted by molar-refractivity contribution is 6.30. The number of carbonyl (C=O) groups is 1. The fourth-order valence-electron chi connectivity index (χ4n) is 3.62. The van der Waals surface area contributed by atoms with Crippen LogP contribution in [0.5, 0.6) is 0 Å². The summed E-state index contributed by atoms with van der Waals surface area (Å²) in [4.78, 5) is 20.1. The molecule has 3 aromatic rings. The molecule has 29 heavy (non-hydrogen) atoms. The molecule has 0 aliphatic carbocycles. The fourth-order valence-corrected chi connectivity index (χ4v) is 3.74. The normalized spacial score (nSPS) is 11.6. The summed E-state index contributed by atoms with van der Waals surface area (Å²) in [6.07, 6.45) is 0.660. The molecule has 0 aliphatic heterocycles. The van der Waals surface area contributed by atoms with E-state index in [1.54, 1.807) is 0 Å². The number of para-hydroxylation sites is 2. The van der Waals surface area contributed by atoms with E-state index in [1.165, 1.54) is 0 Å². The van der Waals surface area contributed by atoms with E-state index in [1.807, 2.05) is 53.4 Å². The third-order valence-electron chi connectivity index (χ3n) is 4.83. The van der Waals surface area contributed by atoms with Gasteiger partial charge in [0.1, 0.15) is 12.4 Å². The van der Waals surface area contributed by atoms with Gasteiger partial charge in [-0.05, 0) is 41.7 Å². The molecule has 0 spiro atoms. The number of nitrogens with zero attached hydrogens (tertiary/aromatic N) is 3. The number of hydrogen-bond acceptors (Lipinski definition) is 2. The molecule has 1 heterocycles. The lowest BCUT2D eigenvalue weighted by Gasteiger charge is -2.27.